The van der Waals surface area contributed by atoms with E-state index in [-0.39, 0.29) is 4.90 Å². The summed E-state index contributed by atoms with van der Waals surface area (Å²) in [5.74, 6) is -0.854. The number of carboxylic acids is 1. The van der Waals surface area contributed by atoms with Crippen molar-refractivity contribution in [2.75, 3.05) is 7.11 Å². The predicted molar refractivity (Wildman–Crippen MR) is 60.4 cm³/mol. The van der Waals surface area contributed by atoms with E-state index in [2.05, 4.69) is 0 Å². The molecule has 0 bridgehead atoms. The number of hydrogen-bond donors (Lipinski definition) is 2. The summed E-state index contributed by atoms with van der Waals surface area (Å²) >= 11 is 0. The number of methoxy groups -OCH3 is 1. The Labute approximate surface area is 99.3 Å². The lowest BCUT2D eigenvalue weighted by molar-refractivity contribution is -0.138. The van der Waals surface area contributed by atoms with Gasteiger partial charge in [-0.2, -0.15) is 4.72 Å². The highest BCUT2D eigenvalue weighted by Crippen LogP contribution is 2.17. The summed E-state index contributed by atoms with van der Waals surface area (Å²) in [7, 11) is -2.43. The van der Waals surface area contributed by atoms with Crippen LogP contribution in [0, 0.1) is 0 Å². The van der Waals surface area contributed by atoms with E-state index in [0.717, 1.165) is 0 Å². The van der Waals surface area contributed by atoms with Crippen LogP contribution < -0.4 is 9.46 Å². The molecule has 6 nitrogen and oxygen atoms in total. The maximum absolute atomic E-state index is 11.8. The van der Waals surface area contributed by atoms with Crippen molar-refractivity contribution in [2.45, 2.75) is 17.9 Å². The van der Waals surface area contributed by atoms with E-state index in [1.54, 1.807) is 6.07 Å². The van der Waals surface area contributed by atoms with Crippen LogP contribution in [0.15, 0.2) is 29.2 Å². The zero-order chi connectivity index (χ0) is 13.1. The Hall–Kier alpha value is -1.60. The average Bonchev–Trinajstić information content (AvgIpc) is 2.28. The first-order valence-electron chi connectivity index (χ1n) is 4.76. The van der Waals surface area contributed by atoms with E-state index >= 15 is 0 Å². The summed E-state index contributed by atoms with van der Waals surface area (Å²) in [4.78, 5) is 10.5. The number of ether oxygens (including phenoxy) is 1. The van der Waals surface area contributed by atoms with Crippen LogP contribution in [0.2, 0.25) is 0 Å². The molecule has 1 atom stereocenters. The molecule has 0 amide bonds. The molecule has 94 valence electrons. The number of sulfonamides is 1. The number of carbonyl (C=O) groups is 1. The van der Waals surface area contributed by atoms with Crippen LogP contribution >= 0.6 is 0 Å². The third-order valence-electron chi connectivity index (χ3n) is 2.05. The molecule has 0 saturated carbocycles. The van der Waals surface area contributed by atoms with E-state index in [4.69, 9.17) is 9.84 Å². The van der Waals surface area contributed by atoms with Crippen molar-refractivity contribution < 1.29 is 23.1 Å². The summed E-state index contributed by atoms with van der Waals surface area (Å²) < 4.78 is 30.5. The van der Waals surface area contributed by atoms with Gasteiger partial charge in [-0.05, 0) is 19.1 Å². The van der Waals surface area contributed by atoms with Gasteiger partial charge in [-0.25, -0.2) is 8.42 Å². The van der Waals surface area contributed by atoms with Crippen LogP contribution in [0.4, 0.5) is 0 Å². The molecule has 0 radical (unpaired) electrons. The first-order chi connectivity index (χ1) is 7.86. The highest BCUT2D eigenvalue weighted by Gasteiger charge is 2.21. The van der Waals surface area contributed by atoms with E-state index in [0.29, 0.717) is 5.75 Å². The van der Waals surface area contributed by atoms with E-state index < -0.39 is 22.0 Å². The van der Waals surface area contributed by atoms with Crippen LogP contribution in [0.5, 0.6) is 5.75 Å². The fourth-order valence-electron chi connectivity index (χ4n) is 1.12. The van der Waals surface area contributed by atoms with Gasteiger partial charge in [0, 0.05) is 6.07 Å². The molecule has 0 unspecified atom stereocenters. The molecule has 2 N–H and O–H groups in total. The van der Waals surface area contributed by atoms with Crippen LogP contribution in [0.25, 0.3) is 0 Å². The molecular weight excluding hydrogens is 246 g/mol. The third-order valence-corrected chi connectivity index (χ3v) is 3.59. The third kappa shape index (κ3) is 3.43. The van der Waals surface area contributed by atoms with Gasteiger partial charge >= 0.3 is 5.97 Å². The van der Waals surface area contributed by atoms with Gasteiger partial charge in [0.05, 0.1) is 12.0 Å². The largest absolute Gasteiger partial charge is 0.497 e. The normalized spacial score (nSPS) is 13.1. The van der Waals surface area contributed by atoms with Gasteiger partial charge in [0.1, 0.15) is 11.8 Å². The topological polar surface area (TPSA) is 92.7 Å². The van der Waals surface area contributed by atoms with Crippen molar-refractivity contribution in [3.05, 3.63) is 24.3 Å². The van der Waals surface area contributed by atoms with Crippen molar-refractivity contribution >= 4 is 16.0 Å². The fraction of sp³-hybridized carbons (Fsp3) is 0.300. The van der Waals surface area contributed by atoms with Crippen molar-refractivity contribution in [1.29, 1.82) is 0 Å². The first-order valence-corrected chi connectivity index (χ1v) is 6.24. The van der Waals surface area contributed by atoms with Gasteiger partial charge < -0.3 is 9.84 Å². The Balaban J connectivity index is 3.01. The van der Waals surface area contributed by atoms with Gasteiger partial charge in [-0.3, -0.25) is 4.79 Å². The second-order valence-electron chi connectivity index (χ2n) is 3.36. The zero-order valence-electron chi connectivity index (χ0n) is 9.38. The molecule has 0 aromatic heterocycles. The van der Waals surface area contributed by atoms with E-state index in [9.17, 15) is 13.2 Å². The number of hydrogen-bond acceptors (Lipinski definition) is 4. The first kappa shape index (κ1) is 13.5. The number of aliphatic carboxylic acids is 1. The summed E-state index contributed by atoms with van der Waals surface area (Å²) in [6.07, 6.45) is 0. The van der Waals surface area contributed by atoms with Crippen molar-refractivity contribution in [1.82, 2.24) is 4.72 Å². The Kier molecular flexibility index (Phi) is 4.08. The molecule has 1 aromatic rings. The average molecular weight is 259 g/mol. The molecule has 0 aliphatic carbocycles. The van der Waals surface area contributed by atoms with Gasteiger partial charge in [0.2, 0.25) is 10.0 Å². The molecule has 0 saturated heterocycles. The lowest BCUT2D eigenvalue weighted by atomic mass is 10.3. The summed E-state index contributed by atoms with van der Waals surface area (Å²) in [5, 5.41) is 8.64. The standard InChI is InChI=1S/C10H13NO5S/c1-7(10(12)13)11-17(14,15)9-5-3-4-8(6-9)16-2/h3-7,11H,1-2H3,(H,12,13)/t7-/m0/s1. The molecule has 1 rings (SSSR count). The summed E-state index contributed by atoms with van der Waals surface area (Å²) in [5.41, 5.74) is 0. The minimum atomic E-state index is -3.85. The minimum absolute atomic E-state index is 0.0371. The van der Waals surface area contributed by atoms with Crippen molar-refractivity contribution in [3.8, 4) is 5.75 Å². The summed E-state index contributed by atoms with van der Waals surface area (Å²) in [6.45, 7) is 1.25. The Morgan fingerprint density at radius 3 is 2.65 bits per heavy atom. The number of rotatable bonds is 5. The Morgan fingerprint density at radius 2 is 2.12 bits per heavy atom. The molecular formula is C10H13NO5S. The summed E-state index contributed by atoms with van der Waals surface area (Å²) in [6, 6.07) is 4.60. The fourth-order valence-corrected chi connectivity index (χ4v) is 2.35. The van der Waals surface area contributed by atoms with Crippen molar-refractivity contribution in [2.24, 2.45) is 0 Å². The van der Waals surface area contributed by atoms with Gasteiger partial charge in [-0.15, -0.1) is 0 Å². The Bertz CT molecular complexity index is 511. The maximum atomic E-state index is 11.8. The zero-order valence-corrected chi connectivity index (χ0v) is 10.2. The van der Waals surface area contributed by atoms with Crippen molar-refractivity contribution in [3.63, 3.8) is 0 Å². The quantitative estimate of drug-likeness (QED) is 0.800. The monoisotopic (exact) mass is 259 g/mol. The number of benzene rings is 1. The SMILES string of the molecule is COc1cccc(S(=O)(=O)N[C@@H](C)C(=O)O)c1. The molecule has 17 heavy (non-hydrogen) atoms. The number of nitrogens with one attached hydrogen (secondary N) is 1. The molecule has 0 aliphatic rings. The number of carboxylic acid groups (broad SMARTS) is 1. The van der Waals surface area contributed by atoms with Gasteiger partial charge in [0.15, 0.2) is 0 Å². The molecule has 1 aromatic carbocycles. The molecule has 0 spiro atoms. The maximum Gasteiger partial charge on any atom is 0.321 e. The van der Waals surface area contributed by atoms with Gasteiger partial charge in [-0.1, -0.05) is 6.07 Å². The Morgan fingerprint density at radius 1 is 1.47 bits per heavy atom. The van der Waals surface area contributed by atoms with Crippen LogP contribution in [0.1, 0.15) is 6.92 Å². The smallest absolute Gasteiger partial charge is 0.321 e. The molecule has 0 aliphatic heterocycles. The predicted octanol–water partition coefficient (Wildman–Crippen LogP) is 0.447. The minimum Gasteiger partial charge on any atom is -0.497 e. The lowest BCUT2D eigenvalue weighted by Gasteiger charge is -2.10. The van der Waals surface area contributed by atoms with Crippen LogP contribution in [-0.4, -0.2) is 32.6 Å². The van der Waals surface area contributed by atoms with Crippen LogP contribution in [-0.2, 0) is 14.8 Å². The van der Waals surface area contributed by atoms with E-state index in [1.165, 1.54) is 32.2 Å². The molecule has 7 heteroatoms. The van der Waals surface area contributed by atoms with Gasteiger partial charge in [0.25, 0.3) is 0 Å². The second-order valence-corrected chi connectivity index (χ2v) is 5.07. The lowest BCUT2D eigenvalue weighted by Crippen LogP contribution is -2.38. The van der Waals surface area contributed by atoms with Crippen LogP contribution in [0.3, 0.4) is 0 Å². The van der Waals surface area contributed by atoms with E-state index in [1.807, 2.05) is 4.72 Å². The highest BCUT2D eigenvalue weighted by atomic mass is 32.2. The second kappa shape index (κ2) is 5.15. The highest BCUT2D eigenvalue weighted by molar-refractivity contribution is 7.89. The molecule has 0 heterocycles. The molecule has 0 fully saturated rings.